The second-order valence-electron chi connectivity index (χ2n) is 7.02. The number of carbonyl (C=O) groups excluding carboxylic acids is 1. The van der Waals surface area contributed by atoms with Crippen LogP contribution < -0.4 is 5.32 Å². The first-order valence-corrected chi connectivity index (χ1v) is 10.5. The largest absolute Gasteiger partial charge is 0.346 e. The van der Waals surface area contributed by atoms with E-state index in [2.05, 4.69) is 46.2 Å². The van der Waals surface area contributed by atoms with E-state index in [0.717, 1.165) is 27.7 Å². The molecule has 29 heavy (non-hydrogen) atoms. The number of thioether (sulfide) groups is 1. The van der Waals surface area contributed by atoms with Gasteiger partial charge in [0.05, 0.1) is 28.5 Å². The Bertz CT molecular complexity index is 1130. The maximum atomic E-state index is 12.5. The number of carbonyl (C=O) groups is 1. The topological polar surface area (TPSA) is 75.6 Å². The number of H-pyrrole nitrogens is 1. The highest BCUT2D eigenvalue weighted by atomic mass is 32.2. The van der Waals surface area contributed by atoms with Crippen molar-refractivity contribution in [3.8, 4) is 5.69 Å². The van der Waals surface area contributed by atoms with Gasteiger partial charge in [-0.3, -0.25) is 9.36 Å². The summed E-state index contributed by atoms with van der Waals surface area (Å²) >= 11 is 1.42. The summed E-state index contributed by atoms with van der Waals surface area (Å²) in [6, 6.07) is 13.8. The number of aromatic nitrogens is 4. The van der Waals surface area contributed by atoms with E-state index in [1.54, 1.807) is 6.20 Å². The van der Waals surface area contributed by atoms with Crippen LogP contribution in [0.5, 0.6) is 0 Å². The minimum atomic E-state index is -0.200. The maximum Gasteiger partial charge on any atom is 0.231 e. The molecule has 0 aliphatic carbocycles. The molecule has 1 amide bonds. The smallest absolute Gasteiger partial charge is 0.231 e. The van der Waals surface area contributed by atoms with E-state index in [4.69, 9.17) is 0 Å². The fraction of sp³-hybridized carbons (Fsp3) is 0.227. The predicted octanol–water partition coefficient (Wildman–Crippen LogP) is 4.33. The Labute approximate surface area is 173 Å². The third kappa shape index (κ3) is 4.05. The first kappa shape index (κ1) is 19.3. The van der Waals surface area contributed by atoms with Gasteiger partial charge in [0.25, 0.3) is 0 Å². The molecule has 1 atom stereocenters. The number of nitrogens with zero attached hydrogens (tertiary/aromatic N) is 3. The van der Waals surface area contributed by atoms with Crippen molar-refractivity contribution in [1.82, 2.24) is 24.8 Å². The number of amides is 1. The molecule has 0 bridgehead atoms. The van der Waals surface area contributed by atoms with Crippen molar-refractivity contribution < 1.29 is 4.79 Å². The van der Waals surface area contributed by atoms with E-state index in [1.807, 2.05) is 48.0 Å². The number of rotatable bonds is 6. The fourth-order valence-corrected chi connectivity index (χ4v) is 4.01. The second-order valence-corrected chi connectivity index (χ2v) is 7.96. The Hall–Kier alpha value is -3.06. The highest BCUT2D eigenvalue weighted by Gasteiger charge is 2.15. The van der Waals surface area contributed by atoms with Crippen molar-refractivity contribution in [3.05, 3.63) is 71.8 Å². The van der Waals surface area contributed by atoms with Gasteiger partial charge >= 0.3 is 0 Å². The number of hydrogen-bond donors (Lipinski definition) is 2. The minimum absolute atomic E-state index is 0.0570. The molecule has 0 aliphatic heterocycles. The lowest BCUT2D eigenvalue weighted by molar-refractivity contribution is -0.119. The van der Waals surface area contributed by atoms with Gasteiger partial charge in [-0.25, -0.2) is 9.97 Å². The quantitative estimate of drug-likeness (QED) is 0.468. The van der Waals surface area contributed by atoms with Gasteiger partial charge in [0.15, 0.2) is 5.16 Å². The van der Waals surface area contributed by atoms with Crippen molar-refractivity contribution in [2.75, 3.05) is 5.75 Å². The molecule has 0 spiro atoms. The normalized spacial score (nSPS) is 12.2. The third-order valence-corrected chi connectivity index (χ3v) is 5.94. The van der Waals surface area contributed by atoms with Gasteiger partial charge in [0.1, 0.15) is 5.82 Å². The van der Waals surface area contributed by atoms with E-state index in [1.165, 1.54) is 22.9 Å². The van der Waals surface area contributed by atoms with Gasteiger partial charge in [0, 0.05) is 12.4 Å². The molecule has 0 aliphatic rings. The Morgan fingerprint density at radius 2 is 2.03 bits per heavy atom. The lowest BCUT2D eigenvalue weighted by atomic mass is 10.1. The zero-order chi connectivity index (χ0) is 20.4. The van der Waals surface area contributed by atoms with Crippen LogP contribution in [0.15, 0.2) is 60.0 Å². The summed E-state index contributed by atoms with van der Waals surface area (Å²) in [4.78, 5) is 24.7. The zero-order valence-corrected chi connectivity index (χ0v) is 17.5. The van der Waals surface area contributed by atoms with Gasteiger partial charge in [0.2, 0.25) is 5.91 Å². The van der Waals surface area contributed by atoms with Crippen LogP contribution in [0.25, 0.3) is 16.7 Å². The van der Waals surface area contributed by atoms with Crippen molar-refractivity contribution in [3.63, 3.8) is 0 Å². The van der Waals surface area contributed by atoms with Crippen LogP contribution in [0.3, 0.4) is 0 Å². The van der Waals surface area contributed by atoms with Crippen LogP contribution in [-0.2, 0) is 4.79 Å². The van der Waals surface area contributed by atoms with E-state index in [0.29, 0.717) is 0 Å². The summed E-state index contributed by atoms with van der Waals surface area (Å²) in [7, 11) is 0. The van der Waals surface area contributed by atoms with E-state index >= 15 is 0 Å². The Morgan fingerprint density at radius 3 is 2.86 bits per heavy atom. The molecule has 0 saturated heterocycles. The molecule has 148 valence electrons. The Balaban J connectivity index is 1.41. The van der Waals surface area contributed by atoms with Crippen LogP contribution in [0.2, 0.25) is 0 Å². The van der Waals surface area contributed by atoms with Gasteiger partial charge in [-0.2, -0.15) is 0 Å². The highest BCUT2D eigenvalue weighted by Crippen LogP contribution is 2.24. The number of para-hydroxylation sites is 2. The van der Waals surface area contributed by atoms with Crippen LogP contribution in [-0.4, -0.2) is 31.2 Å². The molecule has 2 heterocycles. The lowest BCUT2D eigenvalue weighted by Crippen LogP contribution is -2.29. The third-order valence-electron chi connectivity index (χ3n) is 4.97. The van der Waals surface area contributed by atoms with Gasteiger partial charge in [-0.1, -0.05) is 36.0 Å². The summed E-state index contributed by atoms with van der Waals surface area (Å²) in [5, 5.41) is 3.81. The number of aromatic amines is 1. The predicted molar refractivity (Wildman–Crippen MR) is 116 cm³/mol. The maximum absolute atomic E-state index is 12.5. The molecular formula is C22H23N5OS. The number of hydrogen-bond acceptors (Lipinski definition) is 4. The highest BCUT2D eigenvalue weighted by molar-refractivity contribution is 7.99. The number of nitrogens with one attached hydrogen (secondary N) is 2. The van der Waals surface area contributed by atoms with E-state index in [-0.39, 0.29) is 17.7 Å². The average Bonchev–Trinajstić information content (AvgIpc) is 3.35. The SMILES string of the molecule is Cc1cccc(-n2ccnc2SCC(=O)NC(C)c2nc3ccccc3[nH]2)c1C. The Morgan fingerprint density at radius 1 is 1.21 bits per heavy atom. The molecule has 1 unspecified atom stereocenters. The molecule has 0 fully saturated rings. The molecule has 0 saturated carbocycles. The van der Waals surface area contributed by atoms with Crippen molar-refractivity contribution in [1.29, 1.82) is 0 Å². The molecule has 2 aromatic heterocycles. The summed E-state index contributed by atoms with van der Waals surface area (Å²) in [5.41, 5.74) is 5.38. The van der Waals surface area contributed by atoms with Crippen molar-refractivity contribution in [2.45, 2.75) is 32.0 Å². The first-order valence-electron chi connectivity index (χ1n) is 9.49. The zero-order valence-electron chi connectivity index (χ0n) is 16.6. The van der Waals surface area contributed by atoms with Crippen molar-refractivity contribution in [2.24, 2.45) is 0 Å². The molecule has 6 nitrogen and oxygen atoms in total. The molecule has 4 rings (SSSR count). The fourth-order valence-electron chi connectivity index (χ4n) is 3.24. The van der Waals surface area contributed by atoms with Crippen LogP contribution in [0.4, 0.5) is 0 Å². The molecule has 2 aromatic carbocycles. The van der Waals surface area contributed by atoms with Crippen LogP contribution in [0.1, 0.15) is 29.9 Å². The summed E-state index contributed by atoms with van der Waals surface area (Å²) in [5.74, 6) is 0.979. The van der Waals surface area contributed by atoms with Crippen molar-refractivity contribution >= 4 is 28.7 Å². The summed E-state index contributed by atoms with van der Waals surface area (Å²) in [6.07, 6.45) is 3.69. The summed E-state index contributed by atoms with van der Waals surface area (Å²) in [6.45, 7) is 6.12. The van der Waals surface area contributed by atoms with E-state index < -0.39 is 0 Å². The van der Waals surface area contributed by atoms with Crippen LogP contribution in [0, 0.1) is 13.8 Å². The van der Waals surface area contributed by atoms with Gasteiger partial charge in [-0.15, -0.1) is 0 Å². The second kappa shape index (κ2) is 8.13. The first-order chi connectivity index (χ1) is 14.0. The monoisotopic (exact) mass is 405 g/mol. The molecular weight excluding hydrogens is 382 g/mol. The Kier molecular flexibility index (Phi) is 5.40. The van der Waals surface area contributed by atoms with E-state index in [9.17, 15) is 4.79 Å². The molecule has 0 radical (unpaired) electrons. The number of imidazole rings is 2. The summed E-state index contributed by atoms with van der Waals surface area (Å²) < 4.78 is 2.03. The number of fused-ring (bicyclic) bond motifs is 1. The van der Waals surface area contributed by atoms with Gasteiger partial charge < -0.3 is 10.3 Å². The minimum Gasteiger partial charge on any atom is -0.346 e. The molecule has 4 aromatic rings. The number of benzene rings is 2. The lowest BCUT2D eigenvalue weighted by Gasteiger charge is -2.13. The number of aryl methyl sites for hydroxylation is 1. The average molecular weight is 406 g/mol. The van der Waals surface area contributed by atoms with Crippen LogP contribution >= 0.6 is 11.8 Å². The molecule has 2 N–H and O–H groups in total. The standard InChI is InChI=1S/C22H23N5OS/c1-14-7-6-10-19(15(14)2)27-12-11-23-22(27)29-13-20(28)24-16(3)21-25-17-8-4-5-9-18(17)26-21/h4-12,16H,13H2,1-3H3,(H,24,28)(H,25,26). The van der Waals surface area contributed by atoms with Gasteiger partial charge in [-0.05, 0) is 50.1 Å². The molecule has 7 heteroatoms.